The lowest BCUT2D eigenvalue weighted by Crippen LogP contribution is -2.48. The fraction of sp³-hybridized carbons (Fsp3) is 0.423. The number of halogens is 1. The molecule has 2 aromatic heterocycles. The Bertz CT molecular complexity index is 1190. The van der Waals surface area contributed by atoms with E-state index in [4.69, 9.17) is 13.9 Å². The molecule has 0 unspecified atom stereocenters. The first-order chi connectivity index (χ1) is 17.0. The molecule has 4 rings (SSSR count). The number of aliphatic hydroxyl groups excluding tert-OH is 1. The van der Waals surface area contributed by atoms with Crippen LogP contribution in [0.15, 0.2) is 41.0 Å². The summed E-state index contributed by atoms with van der Waals surface area (Å²) in [6, 6.07) is 7.37. The average Bonchev–Trinajstić information content (AvgIpc) is 3.32. The Morgan fingerprint density at radius 1 is 1.29 bits per heavy atom. The summed E-state index contributed by atoms with van der Waals surface area (Å²) in [4.78, 5) is 29.6. The van der Waals surface area contributed by atoms with Gasteiger partial charge in [-0.25, -0.2) is 9.37 Å². The molecule has 9 heteroatoms. The molecule has 1 fully saturated rings. The zero-order valence-corrected chi connectivity index (χ0v) is 19.6. The minimum absolute atomic E-state index is 0.0539. The summed E-state index contributed by atoms with van der Waals surface area (Å²) in [5.74, 6) is -1.26. The number of benzene rings is 1. The second kappa shape index (κ2) is 11.5. The first-order valence-electron chi connectivity index (χ1n) is 11.8. The molecular weight excluding hydrogens is 455 g/mol. The predicted molar refractivity (Wildman–Crippen MR) is 126 cm³/mol. The van der Waals surface area contributed by atoms with Gasteiger partial charge >= 0.3 is 0 Å². The molecule has 3 heterocycles. The quantitative estimate of drug-likeness (QED) is 0.335. The lowest BCUT2D eigenvalue weighted by atomic mass is 9.99. The monoisotopic (exact) mass is 484 g/mol. The third-order valence-corrected chi connectivity index (χ3v) is 5.99. The maximum atomic E-state index is 14.8. The van der Waals surface area contributed by atoms with Crippen LogP contribution < -0.4 is 5.32 Å². The SMILES string of the molecule is CCOCCCC(=O)c1ccc(Cc2cc(C(=O)N[C@H]3CCOC[C@@H]3O)nc3ccoc23)cc1F. The Morgan fingerprint density at radius 3 is 2.91 bits per heavy atom. The van der Waals surface area contributed by atoms with Crippen molar-refractivity contribution in [3.8, 4) is 0 Å². The van der Waals surface area contributed by atoms with E-state index in [2.05, 4.69) is 10.3 Å². The molecule has 0 saturated carbocycles. The first-order valence-corrected chi connectivity index (χ1v) is 11.8. The third kappa shape index (κ3) is 6.11. The van der Waals surface area contributed by atoms with Crippen molar-refractivity contribution in [1.29, 1.82) is 0 Å². The van der Waals surface area contributed by atoms with Crippen molar-refractivity contribution < 1.29 is 33.0 Å². The number of nitrogens with zero attached hydrogens (tertiary/aromatic N) is 1. The van der Waals surface area contributed by atoms with Crippen molar-refractivity contribution in [3.05, 3.63) is 64.8 Å². The molecule has 1 amide bonds. The van der Waals surface area contributed by atoms with Crippen LogP contribution >= 0.6 is 0 Å². The third-order valence-electron chi connectivity index (χ3n) is 5.99. The Hall–Kier alpha value is -3.14. The number of amides is 1. The van der Waals surface area contributed by atoms with Crippen LogP contribution in [0.1, 0.15) is 58.2 Å². The molecule has 1 aromatic carbocycles. The van der Waals surface area contributed by atoms with Crippen molar-refractivity contribution in [1.82, 2.24) is 10.3 Å². The zero-order valence-electron chi connectivity index (χ0n) is 19.6. The fourth-order valence-electron chi connectivity index (χ4n) is 4.13. The van der Waals surface area contributed by atoms with E-state index in [1.54, 1.807) is 18.2 Å². The number of hydrogen-bond acceptors (Lipinski definition) is 7. The summed E-state index contributed by atoms with van der Waals surface area (Å²) in [5.41, 5.74) is 2.52. The summed E-state index contributed by atoms with van der Waals surface area (Å²) >= 11 is 0. The molecule has 2 N–H and O–H groups in total. The second-order valence-corrected chi connectivity index (χ2v) is 8.53. The summed E-state index contributed by atoms with van der Waals surface area (Å²) in [7, 11) is 0. The van der Waals surface area contributed by atoms with Gasteiger partial charge in [0.2, 0.25) is 0 Å². The van der Waals surface area contributed by atoms with E-state index in [1.165, 1.54) is 18.4 Å². The Morgan fingerprint density at radius 2 is 2.14 bits per heavy atom. The highest BCUT2D eigenvalue weighted by Gasteiger charge is 2.26. The highest BCUT2D eigenvalue weighted by molar-refractivity contribution is 5.96. The van der Waals surface area contributed by atoms with Gasteiger partial charge in [-0.3, -0.25) is 9.59 Å². The number of ketones is 1. The van der Waals surface area contributed by atoms with Gasteiger partial charge in [0.1, 0.15) is 17.0 Å². The molecule has 1 aliphatic heterocycles. The van der Waals surface area contributed by atoms with Crippen LogP contribution in [0.2, 0.25) is 0 Å². The van der Waals surface area contributed by atoms with Crippen molar-refractivity contribution in [2.45, 2.75) is 44.8 Å². The number of fused-ring (bicyclic) bond motifs is 1. The van der Waals surface area contributed by atoms with E-state index in [9.17, 15) is 19.1 Å². The highest BCUT2D eigenvalue weighted by Crippen LogP contribution is 2.24. The first kappa shape index (κ1) is 25.0. The molecule has 0 aliphatic carbocycles. The van der Waals surface area contributed by atoms with Gasteiger partial charge in [-0.2, -0.15) is 0 Å². The van der Waals surface area contributed by atoms with E-state index < -0.39 is 23.9 Å². The molecule has 8 nitrogen and oxygen atoms in total. The smallest absolute Gasteiger partial charge is 0.270 e. The van der Waals surface area contributed by atoms with Crippen molar-refractivity contribution >= 4 is 22.8 Å². The molecule has 1 saturated heterocycles. The number of hydrogen-bond donors (Lipinski definition) is 2. The topological polar surface area (TPSA) is 111 Å². The molecule has 3 aromatic rings. The normalized spacial score (nSPS) is 18.0. The number of aliphatic hydroxyl groups is 1. The predicted octanol–water partition coefficient (Wildman–Crippen LogP) is 3.44. The second-order valence-electron chi connectivity index (χ2n) is 8.53. The minimum Gasteiger partial charge on any atom is -0.462 e. The van der Waals surface area contributed by atoms with Gasteiger partial charge < -0.3 is 24.3 Å². The summed E-state index contributed by atoms with van der Waals surface area (Å²) < 4.78 is 30.8. The van der Waals surface area contributed by atoms with Crippen LogP contribution in [0.3, 0.4) is 0 Å². The van der Waals surface area contributed by atoms with Gasteiger partial charge in [-0.05, 0) is 43.5 Å². The van der Waals surface area contributed by atoms with Crippen LogP contribution in [0, 0.1) is 5.82 Å². The zero-order chi connectivity index (χ0) is 24.8. The van der Waals surface area contributed by atoms with Gasteiger partial charge in [-0.1, -0.05) is 6.07 Å². The number of Topliss-reactive ketones (excluding diaryl/α,β-unsaturated/α-hetero) is 1. The molecule has 35 heavy (non-hydrogen) atoms. The standard InChI is InChI=1S/C26H29FN2O6/c1-2-33-9-3-4-23(30)18-6-5-16(13-19(18)27)12-17-14-22(28-21-8-11-35-25(17)21)26(32)29-20-7-10-34-15-24(20)31/h5-6,8,11,13-14,20,24,31H,2-4,7,9-10,12,15H2,1H3,(H,29,32)/t20-,24-/m0/s1. The number of pyridine rings is 1. The van der Waals surface area contributed by atoms with Crippen LogP contribution in [-0.4, -0.2) is 60.4 Å². The van der Waals surface area contributed by atoms with Crippen molar-refractivity contribution in [2.24, 2.45) is 0 Å². The summed E-state index contributed by atoms with van der Waals surface area (Å²) in [5, 5.41) is 12.9. The lowest BCUT2D eigenvalue weighted by Gasteiger charge is -2.28. The minimum atomic E-state index is -0.784. The van der Waals surface area contributed by atoms with Crippen LogP contribution in [0.4, 0.5) is 4.39 Å². The van der Waals surface area contributed by atoms with Gasteiger partial charge in [-0.15, -0.1) is 0 Å². The average molecular weight is 485 g/mol. The maximum absolute atomic E-state index is 14.8. The number of aromatic nitrogens is 1. The Balaban J connectivity index is 1.51. The number of ether oxygens (including phenoxy) is 2. The number of rotatable bonds is 10. The number of carbonyl (C=O) groups is 2. The summed E-state index contributed by atoms with van der Waals surface area (Å²) in [6.07, 6.45) is 2.24. The van der Waals surface area contributed by atoms with Crippen molar-refractivity contribution in [3.63, 3.8) is 0 Å². The molecule has 0 spiro atoms. The number of nitrogens with one attached hydrogen (secondary N) is 1. The van der Waals surface area contributed by atoms with Crippen LogP contribution in [-0.2, 0) is 15.9 Å². The van der Waals surface area contributed by atoms with Crippen LogP contribution in [0.5, 0.6) is 0 Å². The number of carbonyl (C=O) groups excluding carboxylic acids is 2. The van der Waals surface area contributed by atoms with Crippen molar-refractivity contribution in [2.75, 3.05) is 26.4 Å². The number of furan rings is 1. The van der Waals surface area contributed by atoms with E-state index >= 15 is 0 Å². The molecule has 1 aliphatic rings. The lowest BCUT2D eigenvalue weighted by molar-refractivity contribution is -0.0261. The molecule has 2 atom stereocenters. The van der Waals surface area contributed by atoms with E-state index in [-0.39, 0.29) is 36.5 Å². The van der Waals surface area contributed by atoms with E-state index in [0.29, 0.717) is 54.9 Å². The Labute approximate surface area is 202 Å². The fourth-order valence-corrected chi connectivity index (χ4v) is 4.13. The highest BCUT2D eigenvalue weighted by atomic mass is 19.1. The van der Waals surface area contributed by atoms with Gasteiger partial charge in [0, 0.05) is 44.3 Å². The molecule has 0 radical (unpaired) electrons. The van der Waals surface area contributed by atoms with Crippen LogP contribution in [0.25, 0.3) is 11.1 Å². The van der Waals surface area contributed by atoms with Gasteiger partial charge in [0.25, 0.3) is 5.91 Å². The molecule has 186 valence electrons. The van der Waals surface area contributed by atoms with E-state index in [1.807, 2.05) is 6.92 Å². The largest absolute Gasteiger partial charge is 0.462 e. The molecular formula is C26H29FN2O6. The summed E-state index contributed by atoms with van der Waals surface area (Å²) in [6.45, 7) is 3.55. The van der Waals surface area contributed by atoms with E-state index in [0.717, 1.165) is 0 Å². The maximum Gasteiger partial charge on any atom is 0.270 e. The van der Waals surface area contributed by atoms with Gasteiger partial charge in [0.05, 0.1) is 30.6 Å². The Kier molecular flexibility index (Phi) is 8.22. The van der Waals surface area contributed by atoms with Gasteiger partial charge in [0.15, 0.2) is 11.4 Å². The molecule has 0 bridgehead atoms.